The van der Waals surface area contributed by atoms with Crippen molar-refractivity contribution < 1.29 is 9.90 Å². The van der Waals surface area contributed by atoms with E-state index in [0.29, 0.717) is 5.92 Å². The van der Waals surface area contributed by atoms with Crippen LogP contribution in [-0.4, -0.2) is 35.6 Å². The third kappa shape index (κ3) is 2.31. The van der Waals surface area contributed by atoms with Crippen LogP contribution in [0.5, 0.6) is 0 Å². The molecule has 3 rings (SSSR count). The first-order valence-electron chi connectivity index (χ1n) is 8.07. The summed E-state index contributed by atoms with van der Waals surface area (Å²) in [6.45, 7) is 5.38. The lowest BCUT2D eigenvalue weighted by atomic mass is 9.80. The van der Waals surface area contributed by atoms with Gasteiger partial charge in [-0.25, -0.2) is 0 Å². The second kappa shape index (κ2) is 5.08. The molecule has 0 spiro atoms. The van der Waals surface area contributed by atoms with Gasteiger partial charge in [0.1, 0.15) is 0 Å². The molecule has 4 atom stereocenters. The monoisotopic (exact) mass is 265 g/mol. The van der Waals surface area contributed by atoms with Gasteiger partial charge in [-0.05, 0) is 37.0 Å². The Bertz CT molecular complexity index is 357. The Balaban J connectivity index is 1.64. The fraction of sp³-hybridized carbons (Fsp3) is 0.938. The fourth-order valence-corrected chi connectivity index (χ4v) is 4.88. The predicted molar refractivity (Wildman–Crippen MR) is 75.0 cm³/mol. The van der Waals surface area contributed by atoms with Crippen molar-refractivity contribution in [1.82, 2.24) is 4.90 Å². The van der Waals surface area contributed by atoms with Gasteiger partial charge in [-0.2, -0.15) is 0 Å². The van der Waals surface area contributed by atoms with Crippen LogP contribution in [0.3, 0.4) is 0 Å². The largest absolute Gasteiger partial charge is 0.481 e. The molecule has 0 bridgehead atoms. The summed E-state index contributed by atoms with van der Waals surface area (Å²) in [7, 11) is 0. The van der Waals surface area contributed by atoms with Crippen LogP contribution in [0, 0.1) is 23.2 Å². The average Bonchev–Trinajstić information content (AvgIpc) is 2.89. The van der Waals surface area contributed by atoms with Crippen molar-refractivity contribution in [3.63, 3.8) is 0 Å². The first-order valence-corrected chi connectivity index (χ1v) is 8.07. The molecule has 3 heteroatoms. The highest BCUT2D eigenvalue weighted by atomic mass is 16.4. The van der Waals surface area contributed by atoms with Gasteiger partial charge in [0.15, 0.2) is 0 Å². The molecular formula is C16H27NO2. The van der Waals surface area contributed by atoms with Gasteiger partial charge in [-0.3, -0.25) is 4.79 Å². The van der Waals surface area contributed by atoms with E-state index in [-0.39, 0.29) is 0 Å². The molecule has 1 heterocycles. The lowest BCUT2D eigenvalue weighted by Crippen LogP contribution is -2.37. The highest BCUT2D eigenvalue weighted by Crippen LogP contribution is 2.49. The van der Waals surface area contributed by atoms with Gasteiger partial charge in [-0.1, -0.05) is 32.6 Å². The molecule has 2 aliphatic carbocycles. The number of likely N-dealkylation sites (tertiary alicyclic amines) is 1. The maximum atomic E-state index is 11.7. The zero-order valence-corrected chi connectivity index (χ0v) is 12.1. The molecule has 0 aromatic rings. The summed E-state index contributed by atoms with van der Waals surface area (Å²) < 4.78 is 0. The number of hydrogen-bond acceptors (Lipinski definition) is 2. The first-order chi connectivity index (χ1) is 9.12. The van der Waals surface area contributed by atoms with E-state index in [1.165, 1.54) is 25.7 Å². The molecule has 1 aliphatic heterocycles. The van der Waals surface area contributed by atoms with Crippen LogP contribution in [0.2, 0.25) is 0 Å². The Morgan fingerprint density at radius 1 is 1.26 bits per heavy atom. The molecule has 0 radical (unpaired) electrons. The molecule has 2 unspecified atom stereocenters. The fourth-order valence-electron chi connectivity index (χ4n) is 4.88. The van der Waals surface area contributed by atoms with Gasteiger partial charge in [-0.15, -0.1) is 0 Å². The van der Waals surface area contributed by atoms with Crippen molar-refractivity contribution in [3.8, 4) is 0 Å². The molecule has 0 amide bonds. The van der Waals surface area contributed by atoms with Crippen molar-refractivity contribution in [3.05, 3.63) is 0 Å². The second-order valence-corrected chi connectivity index (χ2v) is 7.27. The van der Waals surface area contributed by atoms with Crippen molar-refractivity contribution in [2.75, 3.05) is 19.6 Å². The summed E-state index contributed by atoms with van der Waals surface area (Å²) in [5.41, 5.74) is -0.391. The van der Waals surface area contributed by atoms with E-state index in [9.17, 15) is 9.90 Å². The average molecular weight is 265 g/mol. The van der Waals surface area contributed by atoms with Crippen LogP contribution in [0.25, 0.3) is 0 Å². The van der Waals surface area contributed by atoms with E-state index >= 15 is 0 Å². The Hall–Kier alpha value is -0.570. The SMILES string of the molecule is CC1CCCCC1CN1C[C@@H]2CCC[C@@]2(C(=O)O)C1. The minimum absolute atomic E-state index is 0.391. The first kappa shape index (κ1) is 13.4. The van der Waals surface area contributed by atoms with Gasteiger partial charge in [0.25, 0.3) is 0 Å². The normalized spacial score (nSPS) is 43.3. The molecule has 3 fully saturated rings. The van der Waals surface area contributed by atoms with Gasteiger partial charge >= 0.3 is 5.97 Å². The Morgan fingerprint density at radius 2 is 2.05 bits per heavy atom. The molecule has 0 aromatic carbocycles. The summed E-state index contributed by atoms with van der Waals surface area (Å²) in [6.07, 6.45) is 8.63. The van der Waals surface area contributed by atoms with Crippen LogP contribution in [0.15, 0.2) is 0 Å². The topological polar surface area (TPSA) is 40.5 Å². The number of carbonyl (C=O) groups is 1. The lowest BCUT2D eigenvalue weighted by molar-refractivity contribution is -0.149. The summed E-state index contributed by atoms with van der Waals surface area (Å²) in [6, 6.07) is 0. The highest BCUT2D eigenvalue weighted by molar-refractivity contribution is 5.76. The number of carboxylic acids is 1. The van der Waals surface area contributed by atoms with Crippen molar-refractivity contribution in [2.45, 2.75) is 51.9 Å². The third-order valence-electron chi connectivity index (χ3n) is 6.15. The van der Waals surface area contributed by atoms with E-state index in [2.05, 4.69) is 11.8 Å². The predicted octanol–water partition coefficient (Wildman–Crippen LogP) is 3.00. The summed E-state index contributed by atoms with van der Waals surface area (Å²) in [5, 5.41) is 9.62. The van der Waals surface area contributed by atoms with E-state index in [4.69, 9.17) is 0 Å². The minimum Gasteiger partial charge on any atom is -0.481 e. The lowest BCUT2D eigenvalue weighted by Gasteiger charge is -2.32. The highest BCUT2D eigenvalue weighted by Gasteiger charge is 2.54. The third-order valence-corrected chi connectivity index (χ3v) is 6.15. The van der Waals surface area contributed by atoms with Crippen LogP contribution in [0.4, 0.5) is 0 Å². The standard InChI is InChI=1S/C16H27NO2/c1-12-5-2-3-6-13(12)9-17-10-14-7-4-8-16(14,11-17)15(18)19/h12-14H,2-11H2,1H3,(H,18,19)/t12?,13?,14-,16+/m0/s1. The molecule has 2 saturated carbocycles. The quantitative estimate of drug-likeness (QED) is 0.853. The van der Waals surface area contributed by atoms with E-state index in [1.807, 2.05) is 0 Å². The minimum atomic E-state index is -0.533. The van der Waals surface area contributed by atoms with Gasteiger partial charge in [0.05, 0.1) is 5.41 Å². The number of carboxylic acid groups (broad SMARTS) is 1. The summed E-state index contributed by atoms with van der Waals surface area (Å²) in [5.74, 6) is 1.52. The van der Waals surface area contributed by atoms with Crippen LogP contribution >= 0.6 is 0 Å². The van der Waals surface area contributed by atoms with Crippen molar-refractivity contribution >= 4 is 5.97 Å². The molecule has 3 nitrogen and oxygen atoms in total. The van der Waals surface area contributed by atoms with Gasteiger partial charge < -0.3 is 10.0 Å². The summed E-state index contributed by atoms with van der Waals surface area (Å²) >= 11 is 0. The van der Waals surface area contributed by atoms with Gasteiger partial charge in [0, 0.05) is 19.6 Å². The maximum absolute atomic E-state index is 11.7. The number of nitrogens with zero attached hydrogens (tertiary/aromatic N) is 1. The van der Waals surface area contributed by atoms with Gasteiger partial charge in [0.2, 0.25) is 0 Å². The molecule has 3 aliphatic rings. The zero-order valence-electron chi connectivity index (χ0n) is 12.1. The molecule has 0 aromatic heterocycles. The van der Waals surface area contributed by atoms with Crippen molar-refractivity contribution in [1.29, 1.82) is 0 Å². The maximum Gasteiger partial charge on any atom is 0.311 e. The number of hydrogen-bond donors (Lipinski definition) is 1. The molecular weight excluding hydrogens is 238 g/mol. The summed E-state index contributed by atoms with van der Waals surface area (Å²) in [4.78, 5) is 14.2. The Morgan fingerprint density at radius 3 is 2.74 bits per heavy atom. The van der Waals surface area contributed by atoms with Crippen LogP contribution < -0.4 is 0 Å². The number of aliphatic carboxylic acids is 1. The molecule has 108 valence electrons. The van der Waals surface area contributed by atoms with Crippen molar-refractivity contribution in [2.24, 2.45) is 23.2 Å². The molecule has 1 N–H and O–H groups in total. The Kier molecular flexibility index (Phi) is 3.59. The second-order valence-electron chi connectivity index (χ2n) is 7.27. The smallest absolute Gasteiger partial charge is 0.311 e. The number of rotatable bonds is 3. The number of fused-ring (bicyclic) bond motifs is 1. The zero-order chi connectivity index (χ0) is 13.5. The van der Waals surface area contributed by atoms with E-state index in [1.54, 1.807) is 0 Å². The van der Waals surface area contributed by atoms with Crippen LogP contribution in [0.1, 0.15) is 51.9 Å². The van der Waals surface area contributed by atoms with Crippen LogP contribution in [-0.2, 0) is 4.79 Å². The Labute approximate surface area is 116 Å². The molecule has 19 heavy (non-hydrogen) atoms. The van der Waals surface area contributed by atoms with E-state index < -0.39 is 11.4 Å². The molecule has 1 saturated heterocycles. The van der Waals surface area contributed by atoms with E-state index in [0.717, 1.165) is 50.7 Å².